The Kier molecular flexibility index (Phi) is 6.84. The smallest absolute Gasteiger partial charge is 0.191 e. The van der Waals surface area contributed by atoms with E-state index < -0.39 is 24.4 Å². The second-order valence-electron chi connectivity index (χ2n) is 7.40. The molecule has 2 aromatic heterocycles. The van der Waals surface area contributed by atoms with E-state index in [9.17, 15) is 15.3 Å². The number of methoxy groups -OCH3 is 1. The lowest BCUT2D eigenvalue weighted by molar-refractivity contribution is -0.0253. The van der Waals surface area contributed by atoms with Crippen molar-refractivity contribution < 1.29 is 20.1 Å². The number of hydrogen-bond donors (Lipinski definition) is 4. The number of hydrogen-bond acceptors (Lipinski definition) is 11. The monoisotopic (exact) mass is 459 g/mol. The van der Waals surface area contributed by atoms with E-state index in [0.29, 0.717) is 22.1 Å². The van der Waals surface area contributed by atoms with Crippen LogP contribution >= 0.6 is 11.8 Å². The molecule has 0 unspecified atom stereocenters. The van der Waals surface area contributed by atoms with E-state index in [2.05, 4.69) is 37.7 Å². The van der Waals surface area contributed by atoms with E-state index in [0.717, 1.165) is 23.5 Å². The maximum absolute atomic E-state index is 10.3. The first-order valence-corrected chi connectivity index (χ1v) is 11.2. The summed E-state index contributed by atoms with van der Waals surface area (Å²) in [7, 11) is 1.61. The first kappa shape index (κ1) is 22.4. The second kappa shape index (κ2) is 9.77. The number of ether oxygens (including phenoxy) is 1. The zero-order chi connectivity index (χ0) is 22.7. The lowest BCUT2D eigenvalue weighted by Gasteiger charge is -2.16. The van der Waals surface area contributed by atoms with Gasteiger partial charge in [-0.15, -0.1) is 5.10 Å². The van der Waals surface area contributed by atoms with Gasteiger partial charge in [-0.2, -0.15) is 5.10 Å². The van der Waals surface area contributed by atoms with Crippen molar-refractivity contribution in [2.75, 3.05) is 18.3 Å². The minimum atomic E-state index is -1.25. The Morgan fingerprint density at radius 2 is 2.00 bits per heavy atom. The number of aliphatic hydroxyl groups is 3. The van der Waals surface area contributed by atoms with Crippen LogP contribution in [0.2, 0.25) is 0 Å². The quantitative estimate of drug-likeness (QED) is 0.167. The number of hydrazone groups is 1. The van der Waals surface area contributed by atoms with Gasteiger partial charge in [0.05, 0.1) is 25.5 Å². The molecule has 4 rings (SSSR count). The molecule has 0 spiro atoms. The number of thioether (sulfide) groups is 1. The van der Waals surface area contributed by atoms with Crippen molar-refractivity contribution in [2.45, 2.75) is 49.3 Å². The van der Waals surface area contributed by atoms with E-state index in [1.165, 1.54) is 16.4 Å². The van der Waals surface area contributed by atoms with E-state index >= 15 is 0 Å². The summed E-state index contributed by atoms with van der Waals surface area (Å²) in [5, 5.41) is 43.3. The Bertz CT molecular complexity index is 1090. The molecule has 12 heteroatoms. The summed E-state index contributed by atoms with van der Waals surface area (Å²) < 4.78 is 6.60. The van der Waals surface area contributed by atoms with Crippen LogP contribution < -0.4 is 10.2 Å². The fourth-order valence-corrected chi connectivity index (χ4v) is 4.15. The van der Waals surface area contributed by atoms with Crippen molar-refractivity contribution in [3.05, 3.63) is 29.8 Å². The Balaban J connectivity index is 1.65. The van der Waals surface area contributed by atoms with Gasteiger partial charge in [-0.25, -0.2) is 14.6 Å². The van der Waals surface area contributed by atoms with Crippen molar-refractivity contribution in [3.63, 3.8) is 0 Å². The summed E-state index contributed by atoms with van der Waals surface area (Å²) in [5.74, 6) is 1.95. The predicted molar refractivity (Wildman–Crippen MR) is 120 cm³/mol. The highest BCUT2D eigenvalue weighted by Gasteiger charge is 2.43. The molecule has 3 aromatic rings. The Hall–Kier alpha value is -2.80. The number of rotatable bonds is 8. The molecule has 0 amide bonds. The highest BCUT2D eigenvalue weighted by Crippen LogP contribution is 2.33. The molecule has 2 heterocycles. The van der Waals surface area contributed by atoms with Crippen LogP contribution in [0.1, 0.15) is 31.4 Å². The SMILES string of the molecule is CCCSc1nc(N/N=C/c2ccc(OC)cc2)c2nnn([C@@H]3C[C@H](O)[C@@H](O)[C@H]3O)c2n1. The van der Waals surface area contributed by atoms with Crippen LogP contribution in [0.3, 0.4) is 0 Å². The van der Waals surface area contributed by atoms with Gasteiger partial charge in [0.15, 0.2) is 22.1 Å². The summed E-state index contributed by atoms with van der Waals surface area (Å²) in [6.45, 7) is 2.06. The third kappa shape index (κ3) is 4.53. The largest absolute Gasteiger partial charge is 0.497 e. The number of fused-ring (bicyclic) bond motifs is 1. The van der Waals surface area contributed by atoms with E-state index in [-0.39, 0.29) is 6.42 Å². The minimum absolute atomic E-state index is 0.140. The van der Waals surface area contributed by atoms with Gasteiger partial charge >= 0.3 is 0 Å². The van der Waals surface area contributed by atoms with Crippen LogP contribution in [0, 0.1) is 0 Å². The number of aromatic nitrogens is 5. The van der Waals surface area contributed by atoms with Crippen molar-refractivity contribution in [3.8, 4) is 5.75 Å². The molecule has 1 saturated carbocycles. The van der Waals surface area contributed by atoms with Gasteiger partial charge in [-0.05, 0) is 36.2 Å². The maximum atomic E-state index is 10.3. The third-order valence-corrected chi connectivity index (χ3v) is 6.23. The minimum Gasteiger partial charge on any atom is -0.497 e. The van der Waals surface area contributed by atoms with Crippen LogP contribution in [-0.2, 0) is 0 Å². The molecule has 1 aliphatic carbocycles. The zero-order valence-electron chi connectivity index (χ0n) is 17.7. The Labute approximate surface area is 188 Å². The van der Waals surface area contributed by atoms with Crippen LogP contribution in [0.15, 0.2) is 34.5 Å². The molecule has 1 aromatic carbocycles. The summed E-state index contributed by atoms with van der Waals surface area (Å²) in [5.41, 5.74) is 4.55. The number of benzene rings is 1. The number of aliphatic hydroxyl groups excluding tert-OH is 3. The molecule has 1 fully saturated rings. The maximum Gasteiger partial charge on any atom is 0.191 e. The highest BCUT2D eigenvalue weighted by molar-refractivity contribution is 7.99. The molecule has 4 atom stereocenters. The standard InChI is InChI=1S/C20H25N7O4S/c1-3-8-32-20-22-18(25-21-10-11-4-6-12(31-2)7-5-11)15-19(23-20)27(26-24-15)13-9-14(28)17(30)16(13)29/h4-7,10,13-14,16-17,28-30H,3,8-9H2,1-2H3,(H,22,23,25)/b21-10+/t13-,14+,16+,17-/m1/s1. The van der Waals surface area contributed by atoms with Crippen molar-refractivity contribution in [1.82, 2.24) is 25.0 Å². The van der Waals surface area contributed by atoms with Gasteiger partial charge in [-0.3, -0.25) is 5.43 Å². The third-order valence-electron chi connectivity index (χ3n) is 5.17. The summed E-state index contributed by atoms with van der Waals surface area (Å²) in [4.78, 5) is 9.07. The van der Waals surface area contributed by atoms with Gasteiger partial charge < -0.3 is 20.1 Å². The molecular formula is C20H25N7O4S. The van der Waals surface area contributed by atoms with Crippen molar-refractivity contribution in [1.29, 1.82) is 0 Å². The van der Waals surface area contributed by atoms with Gasteiger partial charge in [0.2, 0.25) is 0 Å². The van der Waals surface area contributed by atoms with E-state index in [1.54, 1.807) is 13.3 Å². The fraction of sp³-hybridized carbons (Fsp3) is 0.450. The average molecular weight is 460 g/mol. The van der Waals surface area contributed by atoms with Crippen LogP contribution in [0.25, 0.3) is 11.2 Å². The highest BCUT2D eigenvalue weighted by atomic mass is 32.2. The normalized spacial score (nSPS) is 23.3. The molecule has 11 nitrogen and oxygen atoms in total. The first-order chi connectivity index (χ1) is 15.5. The first-order valence-electron chi connectivity index (χ1n) is 10.2. The number of nitrogens with zero attached hydrogens (tertiary/aromatic N) is 6. The summed E-state index contributed by atoms with van der Waals surface area (Å²) in [6, 6.07) is 6.77. The predicted octanol–water partition coefficient (Wildman–Crippen LogP) is 1.21. The molecule has 1 aliphatic rings. The summed E-state index contributed by atoms with van der Waals surface area (Å²) >= 11 is 1.48. The molecule has 0 saturated heterocycles. The van der Waals surface area contributed by atoms with Crippen LogP contribution in [-0.4, -0.2) is 77.7 Å². The molecular weight excluding hydrogens is 434 g/mol. The fourth-order valence-electron chi connectivity index (χ4n) is 3.45. The van der Waals surface area contributed by atoms with Gasteiger partial charge in [0, 0.05) is 12.2 Å². The molecule has 32 heavy (non-hydrogen) atoms. The topological polar surface area (TPSA) is 151 Å². The van der Waals surface area contributed by atoms with Gasteiger partial charge in [-0.1, -0.05) is 23.9 Å². The Morgan fingerprint density at radius 1 is 1.22 bits per heavy atom. The van der Waals surface area contributed by atoms with E-state index in [4.69, 9.17) is 4.74 Å². The van der Waals surface area contributed by atoms with Crippen molar-refractivity contribution >= 4 is 35.0 Å². The number of nitrogens with one attached hydrogen (secondary N) is 1. The average Bonchev–Trinajstić information content (AvgIpc) is 3.34. The van der Waals surface area contributed by atoms with Crippen LogP contribution in [0.4, 0.5) is 5.82 Å². The Morgan fingerprint density at radius 3 is 2.66 bits per heavy atom. The molecule has 4 N–H and O–H groups in total. The molecule has 0 bridgehead atoms. The van der Waals surface area contributed by atoms with Crippen molar-refractivity contribution in [2.24, 2.45) is 5.10 Å². The molecule has 170 valence electrons. The summed E-state index contributed by atoms with van der Waals surface area (Å²) in [6.07, 6.45) is -0.744. The molecule has 0 radical (unpaired) electrons. The van der Waals surface area contributed by atoms with Crippen LogP contribution in [0.5, 0.6) is 5.75 Å². The lowest BCUT2D eigenvalue weighted by Crippen LogP contribution is -2.31. The van der Waals surface area contributed by atoms with Gasteiger partial charge in [0.25, 0.3) is 0 Å². The van der Waals surface area contributed by atoms with Gasteiger partial charge in [0.1, 0.15) is 18.0 Å². The zero-order valence-corrected chi connectivity index (χ0v) is 18.5. The second-order valence-corrected chi connectivity index (χ2v) is 8.47. The number of anilines is 1. The molecule has 0 aliphatic heterocycles. The lowest BCUT2D eigenvalue weighted by atomic mass is 10.2. The van der Waals surface area contributed by atoms with E-state index in [1.807, 2.05) is 24.3 Å².